The highest BCUT2D eigenvalue weighted by molar-refractivity contribution is 7.92. The van der Waals surface area contributed by atoms with E-state index in [1.54, 1.807) is 17.0 Å². The van der Waals surface area contributed by atoms with E-state index < -0.39 is 21.5 Å². The molecule has 3 rings (SSSR count). The van der Waals surface area contributed by atoms with Gasteiger partial charge in [0.2, 0.25) is 11.8 Å². The van der Waals surface area contributed by atoms with Crippen LogP contribution in [0, 0.1) is 11.8 Å². The normalized spacial score (nSPS) is 15.7. The van der Waals surface area contributed by atoms with Crippen molar-refractivity contribution in [1.82, 2.24) is 9.80 Å². The Hall–Kier alpha value is -2.91. The molecular formula is C30H43N3O5S. The molecule has 2 amide bonds. The summed E-state index contributed by atoms with van der Waals surface area (Å²) in [5.41, 5.74) is 1.62. The molecule has 0 bridgehead atoms. The van der Waals surface area contributed by atoms with Crippen LogP contribution in [0.2, 0.25) is 0 Å². The Labute approximate surface area is 233 Å². The lowest BCUT2D eigenvalue weighted by atomic mass is 10.1. The highest BCUT2D eigenvalue weighted by Gasteiger charge is 2.27. The lowest BCUT2D eigenvalue weighted by molar-refractivity contribution is -0.129. The van der Waals surface area contributed by atoms with Gasteiger partial charge in [-0.1, -0.05) is 45.9 Å². The van der Waals surface area contributed by atoms with Gasteiger partial charge in [-0.3, -0.25) is 9.59 Å². The molecule has 0 saturated carbocycles. The van der Waals surface area contributed by atoms with Crippen LogP contribution in [0.1, 0.15) is 46.1 Å². The quantitative estimate of drug-likeness (QED) is 0.483. The van der Waals surface area contributed by atoms with E-state index in [1.165, 1.54) is 19.2 Å². The molecule has 1 aliphatic rings. The minimum Gasteiger partial charge on any atom is -0.497 e. The second-order valence-corrected chi connectivity index (χ2v) is 13.1. The molecule has 9 heteroatoms. The zero-order valence-electron chi connectivity index (χ0n) is 23.9. The smallest absolute Gasteiger partial charge is 0.238 e. The van der Waals surface area contributed by atoms with Crippen molar-refractivity contribution in [2.45, 2.75) is 52.0 Å². The average molecular weight is 558 g/mol. The fourth-order valence-electron chi connectivity index (χ4n) is 4.89. The molecule has 0 unspecified atom stereocenters. The third kappa shape index (κ3) is 8.80. The summed E-state index contributed by atoms with van der Waals surface area (Å²) >= 11 is 0. The Morgan fingerprint density at radius 2 is 1.56 bits per heavy atom. The molecule has 0 aliphatic carbocycles. The van der Waals surface area contributed by atoms with E-state index in [0.717, 1.165) is 30.8 Å². The van der Waals surface area contributed by atoms with Crippen molar-refractivity contribution in [2.24, 2.45) is 11.8 Å². The third-order valence-corrected chi connectivity index (χ3v) is 8.40. The second kappa shape index (κ2) is 13.9. The topological polar surface area (TPSA) is 87.2 Å². The molecular weight excluding hydrogens is 514 g/mol. The van der Waals surface area contributed by atoms with Gasteiger partial charge in [-0.25, -0.2) is 8.42 Å². The molecule has 0 spiro atoms. The number of rotatable bonds is 8. The number of benzene rings is 2. The molecule has 2 aromatic carbocycles. The molecule has 0 aromatic heterocycles. The van der Waals surface area contributed by atoms with Gasteiger partial charge in [0.1, 0.15) is 11.5 Å². The summed E-state index contributed by atoms with van der Waals surface area (Å²) in [6.07, 6.45) is 1.25. The molecule has 214 valence electrons. The Bertz CT molecular complexity index is 1210. The Morgan fingerprint density at radius 1 is 0.872 bits per heavy atom. The van der Waals surface area contributed by atoms with Crippen molar-refractivity contribution >= 4 is 27.3 Å². The van der Waals surface area contributed by atoms with Gasteiger partial charge in [0.05, 0.1) is 12.0 Å². The fraction of sp³-hybridized carbons (Fsp3) is 0.533. The molecule has 0 N–H and O–H groups in total. The summed E-state index contributed by atoms with van der Waals surface area (Å²) in [5.74, 6) is 0.191. The largest absolute Gasteiger partial charge is 0.497 e. The number of amides is 2. The summed E-state index contributed by atoms with van der Waals surface area (Å²) in [6.45, 7) is 11.9. The van der Waals surface area contributed by atoms with E-state index in [9.17, 15) is 18.0 Å². The van der Waals surface area contributed by atoms with Gasteiger partial charge in [-0.05, 0) is 60.7 Å². The molecule has 0 saturated heterocycles. The summed E-state index contributed by atoms with van der Waals surface area (Å²) in [7, 11) is -2.34. The lowest BCUT2D eigenvalue weighted by Crippen LogP contribution is -2.42. The van der Waals surface area contributed by atoms with Gasteiger partial charge in [0.25, 0.3) is 0 Å². The molecule has 2 aromatic rings. The standard InChI is InChI=1S/C30H43N3O5S/c1-23(2)19-29(34)33-16-8-15-31(20-24(3)4)17-18-32(21-25-9-6-7-10-28(25)33)30(35)22-39(36,37)27-13-11-26(38-5)12-14-27/h6-7,9-14,23-24H,8,15-22H2,1-5H3. The summed E-state index contributed by atoms with van der Waals surface area (Å²) in [5, 5.41) is 0. The predicted molar refractivity (Wildman–Crippen MR) is 155 cm³/mol. The number of methoxy groups -OCH3 is 1. The number of hydrogen-bond acceptors (Lipinski definition) is 6. The van der Waals surface area contributed by atoms with Crippen LogP contribution in [0.3, 0.4) is 0 Å². The van der Waals surface area contributed by atoms with Crippen LogP contribution < -0.4 is 9.64 Å². The van der Waals surface area contributed by atoms with E-state index in [0.29, 0.717) is 37.7 Å². The van der Waals surface area contributed by atoms with Crippen molar-refractivity contribution < 1.29 is 22.7 Å². The first-order valence-electron chi connectivity index (χ1n) is 13.8. The fourth-order valence-corrected chi connectivity index (χ4v) is 6.12. The van der Waals surface area contributed by atoms with Crippen LogP contribution in [-0.2, 0) is 26.0 Å². The van der Waals surface area contributed by atoms with Gasteiger partial charge < -0.3 is 19.4 Å². The van der Waals surface area contributed by atoms with Gasteiger partial charge in [-0.2, -0.15) is 0 Å². The van der Waals surface area contributed by atoms with Crippen molar-refractivity contribution in [2.75, 3.05) is 50.5 Å². The monoisotopic (exact) mass is 557 g/mol. The maximum atomic E-state index is 13.6. The first-order chi connectivity index (χ1) is 18.5. The second-order valence-electron chi connectivity index (χ2n) is 11.1. The molecule has 0 atom stereocenters. The van der Waals surface area contributed by atoms with Crippen molar-refractivity contribution in [1.29, 1.82) is 0 Å². The van der Waals surface area contributed by atoms with Crippen LogP contribution >= 0.6 is 0 Å². The third-order valence-electron chi connectivity index (χ3n) is 6.78. The number of fused-ring (bicyclic) bond motifs is 1. The number of sulfone groups is 1. The molecule has 1 aliphatic heterocycles. The summed E-state index contributed by atoms with van der Waals surface area (Å²) in [6, 6.07) is 13.7. The maximum Gasteiger partial charge on any atom is 0.238 e. The minimum atomic E-state index is -3.85. The van der Waals surface area contributed by atoms with Crippen LogP contribution in [0.15, 0.2) is 53.4 Å². The van der Waals surface area contributed by atoms with E-state index in [4.69, 9.17) is 4.74 Å². The van der Waals surface area contributed by atoms with Crippen molar-refractivity contribution in [3.8, 4) is 5.75 Å². The number of para-hydroxylation sites is 1. The Kier molecular flexibility index (Phi) is 10.9. The first kappa shape index (κ1) is 30.6. The predicted octanol–water partition coefficient (Wildman–Crippen LogP) is 4.24. The van der Waals surface area contributed by atoms with Crippen LogP contribution in [0.4, 0.5) is 5.69 Å². The summed E-state index contributed by atoms with van der Waals surface area (Å²) in [4.78, 5) is 32.8. The van der Waals surface area contributed by atoms with Gasteiger partial charge in [0, 0.05) is 44.8 Å². The number of hydrogen-bond donors (Lipinski definition) is 0. The number of nitrogens with zero attached hydrogens (tertiary/aromatic N) is 3. The Balaban J connectivity index is 1.93. The van der Waals surface area contributed by atoms with E-state index >= 15 is 0 Å². The highest BCUT2D eigenvalue weighted by Crippen LogP contribution is 2.26. The molecule has 1 heterocycles. The van der Waals surface area contributed by atoms with E-state index in [-0.39, 0.29) is 23.3 Å². The van der Waals surface area contributed by atoms with Gasteiger partial charge >= 0.3 is 0 Å². The van der Waals surface area contributed by atoms with Gasteiger partial charge in [-0.15, -0.1) is 0 Å². The molecule has 0 radical (unpaired) electrons. The lowest BCUT2D eigenvalue weighted by Gasteiger charge is -2.29. The highest BCUT2D eigenvalue weighted by atomic mass is 32.2. The number of carbonyl (C=O) groups excluding carboxylic acids is 2. The Morgan fingerprint density at radius 3 is 2.21 bits per heavy atom. The maximum absolute atomic E-state index is 13.6. The van der Waals surface area contributed by atoms with Crippen LogP contribution in [-0.4, -0.2) is 75.6 Å². The number of carbonyl (C=O) groups is 2. The zero-order valence-corrected chi connectivity index (χ0v) is 24.7. The number of anilines is 1. The van der Waals surface area contributed by atoms with Crippen molar-refractivity contribution in [3.63, 3.8) is 0 Å². The van der Waals surface area contributed by atoms with Crippen LogP contribution in [0.25, 0.3) is 0 Å². The molecule has 0 fully saturated rings. The summed E-state index contributed by atoms with van der Waals surface area (Å²) < 4.78 is 31.5. The van der Waals surface area contributed by atoms with Crippen molar-refractivity contribution in [3.05, 3.63) is 54.1 Å². The van der Waals surface area contributed by atoms with Gasteiger partial charge in [0.15, 0.2) is 9.84 Å². The van der Waals surface area contributed by atoms with E-state index in [2.05, 4.69) is 18.7 Å². The SMILES string of the molecule is COc1ccc(S(=O)(=O)CC(=O)N2CCN(CC(C)C)CCCN(C(=O)CC(C)C)c3ccccc3C2)cc1. The van der Waals surface area contributed by atoms with Crippen LogP contribution in [0.5, 0.6) is 5.75 Å². The zero-order chi connectivity index (χ0) is 28.6. The first-order valence-corrected chi connectivity index (χ1v) is 15.4. The average Bonchev–Trinajstić information content (AvgIpc) is 2.91. The minimum absolute atomic E-state index is 0.0621. The van der Waals surface area contributed by atoms with E-state index in [1.807, 2.05) is 43.0 Å². The molecule has 39 heavy (non-hydrogen) atoms. The number of ether oxygens (including phenoxy) is 1. The molecule has 8 nitrogen and oxygen atoms in total.